The molecule has 1 saturated heterocycles. The largest absolute Gasteiger partial charge is 0.493 e. The van der Waals surface area contributed by atoms with E-state index in [1.54, 1.807) is 24.3 Å². The van der Waals surface area contributed by atoms with Crippen molar-refractivity contribution in [2.75, 3.05) is 14.2 Å². The number of nitrogens with two attached hydrogens (primary N) is 2. The number of rotatable bonds is 9. The molecule has 260 valence electrons. The first-order chi connectivity index (χ1) is 22.9. The van der Waals surface area contributed by atoms with E-state index in [1.165, 1.54) is 14.2 Å². The molecule has 48 heavy (non-hydrogen) atoms. The van der Waals surface area contributed by atoms with Crippen molar-refractivity contribution in [3.8, 4) is 28.7 Å². The lowest BCUT2D eigenvalue weighted by Crippen LogP contribution is -2.66. The van der Waals surface area contributed by atoms with Gasteiger partial charge in [0.25, 0.3) is 0 Å². The van der Waals surface area contributed by atoms with Crippen LogP contribution in [0.5, 0.6) is 28.7 Å². The lowest BCUT2D eigenvalue weighted by Gasteiger charge is -2.47. The van der Waals surface area contributed by atoms with E-state index in [9.17, 15) is 29.7 Å². The highest BCUT2D eigenvalue weighted by molar-refractivity contribution is 5.90. The van der Waals surface area contributed by atoms with Gasteiger partial charge in [-0.05, 0) is 31.0 Å². The fourth-order valence-electron chi connectivity index (χ4n) is 7.06. The molecule has 16 heteroatoms. The summed E-state index contributed by atoms with van der Waals surface area (Å²) in [5.74, 6) is -0.832. The molecule has 1 aliphatic carbocycles. The Kier molecular flexibility index (Phi) is 9.14. The topological polar surface area (TPSA) is 249 Å². The van der Waals surface area contributed by atoms with Crippen molar-refractivity contribution in [2.45, 2.75) is 92.7 Å². The van der Waals surface area contributed by atoms with Crippen molar-refractivity contribution in [3.05, 3.63) is 41.5 Å². The summed E-state index contributed by atoms with van der Waals surface area (Å²) in [6, 6.07) is 8.59. The first-order valence-corrected chi connectivity index (χ1v) is 15.4. The molecule has 16 nitrogen and oxygen atoms in total. The standard InChI is InChI=1S/C32H38N2O14/c1-42-17-6-5-16-21-25(46-26(16)27(17)43-2)15-4-3-14(11-18(15)48-32(21)9-7-13(35)8-10-32)44-31-24(41)22(39)23(40)28(47-31)29(30(33)34)45-20(38)12-19(36)37/h3-6,11,21-25,28-31,39-41H,7-10,12,33-34H2,1-2H3,(H,36,37)/t21-,22-,23-,24+,25+,28-,29-,31-/m0/s1. The molecule has 4 aliphatic rings. The number of ether oxygens (including phenoxy) is 7. The number of esters is 1. The molecule has 0 bridgehead atoms. The van der Waals surface area contributed by atoms with Gasteiger partial charge in [-0.2, -0.15) is 0 Å². The van der Waals surface area contributed by atoms with Gasteiger partial charge in [-0.25, -0.2) is 0 Å². The maximum atomic E-state index is 12.3. The van der Waals surface area contributed by atoms with Crippen LogP contribution in [0, 0.1) is 0 Å². The zero-order chi connectivity index (χ0) is 34.5. The number of ketones is 1. The van der Waals surface area contributed by atoms with Gasteiger partial charge in [-0.1, -0.05) is 6.07 Å². The lowest BCUT2D eigenvalue weighted by atomic mass is 9.68. The minimum atomic E-state index is -1.86. The monoisotopic (exact) mass is 674 g/mol. The summed E-state index contributed by atoms with van der Waals surface area (Å²) in [6.07, 6.45) is -11.8. The van der Waals surface area contributed by atoms with Gasteiger partial charge < -0.3 is 65.1 Å². The van der Waals surface area contributed by atoms with Crippen molar-refractivity contribution < 1.29 is 68.0 Å². The number of carbonyl (C=O) groups is 3. The molecule has 1 spiro atoms. The minimum Gasteiger partial charge on any atom is -0.493 e. The number of hydrogen-bond donors (Lipinski definition) is 6. The SMILES string of the molecule is COc1ccc2c(c1OC)O[C@@H]1c3ccc(O[C@H]4O[C@H]([C@H](OC(=O)CC(=O)O)C(N)N)[C@@H](O)[C@H](O)[C@H]4O)cc3OC3(CCC(=O)CC3)[C@@H]21. The van der Waals surface area contributed by atoms with Crippen LogP contribution in [0.15, 0.2) is 30.3 Å². The number of carboxylic acid groups (broad SMARTS) is 1. The molecular weight excluding hydrogens is 636 g/mol. The zero-order valence-corrected chi connectivity index (χ0v) is 26.1. The van der Waals surface area contributed by atoms with Crippen molar-refractivity contribution in [2.24, 2.45) is 11.5 Å². The third-order valence-corrected chi connectivity index (χ3v) is 9.36. The van der Waals surface area contributed by atoms with Gasteiger partial charge in [0.15, 0.2) is 17.6 Å². The van der Waals surface area contributed by atoms with Crippen molar-refractivity contribution >= 4 is 17.7 Å². The Labute approximate surface area is 274 Å². The number of methoxy groups -OCH3 is 2. The van der Waals surface area contributed by atoms with E-state index < -0.39 is 73.0 Å². The quantitative estimate of drug-likeness (QED) is 0.116. The summed E-state index contributed by atoms with van der Waals surface area (Å²) >= 11 is 0. The summed E-state index contributed by atoms with van der Waals surface area (Å²) in [6.45, 7) is 0. The van der Waals surface area contributed by atoms with Gasteiger partial charge in [0, 0.05) is 30.0 Å². The summed E-state index contributed by atoms with van der Waals surface area (Å²) in [4.78, 5) is 35.4. The van der Waals surface area contributed by atoms with Crippen LogP contribution in [0.3, 0.4) is 0 Å². The smallest absolute Gasteiger partial charge is 0.317 e. The van der Waals surface area contributed by atoms with Crippen molar-refractivity contribution in [3.63, 3.8) is 0 Å². The normalized spacial score (nSPS) is 29.1. The van der Waals surface area contributed by atoms with E-state index in [-0.39, 0.29) is 17.5 Å². The number of benzene rings is 2. The Bertz CT molecular complexity index is 1570. The zero-order valence-electron chi connectivity index (χ0n) is 26.1. The number of hydrogen-bond acceptors (Lipinski definition) is 15. The summed E-state index contributed by atoms with van der Waals surface area (Å²) in [5, 5.41) is 41.0. The maximum Gasteiger partial charge on any atom is 0.317 e. The average molecular weight is 675 g/mol. The van der Waals surface area contributed by atoms with Crippen LogP contribution < -0.4 is 35.2 Å². The molecule has 1 saturated carbocycles. The molecular formula is C32H38N2O14. The Morgan fingerprint density at radius 2 is 1.71 bits per heavy atom. The van der Waals surface area contributed by atoms with Crippen LogP contribution in [0.1, 0.15) is 55.3 Å². The van der Waals surface area contributed by atoms with Crippen molar-refractivity contribution in [1.82, 2.24) is 0 Å². The predicted octanol–water partition coefficient (Wildman–Crippen LogP) is 0.0118. The molecule has 2 aromatic rings. The molecule has 2 aromatic carbocycles. The van der Waals surface area contributed by atoms with Gasteiger partial charge in [0.1, 0.15) is 59.8 Å². The van der Waals surface area contributed by atoms with Gasteiger partial charge in [0.05, 0.1) is 26.3 Å². The number of aliphatic hydroxyl groups excluding tert-OH is 3. The number of aliphatic hydroxyl groups is 3. The Morgan fingerprint density at radius 3 is 2.35 bits per heavy atom. The van der Waals surface area contributed by atoms with Crippen LogP contribution >= 0.6 is 0 Å². The highest BCUT2D eigenvalue weighted by Gasteiger charge is 2.57. The summed E-state index contributed by atoms with van der Waals surface area (Å²) < 4.78 is 41.2. The molecule has 3 aliphatic heterocycles. The first-order valence-electron chi connectivity index (χ1n) is 15.4. The van der Waals surface area contributed by atoms with E-state index in [1.807, 2.05) is 6.07 Å². The van der Waals surface area contributed by atoms with E-state index in [4.69, 9.17) is 49.7 Å². The fraction of sp³-hybridized carbons (Fsp3) is 0.531. The second kappa shape index (κ2) is 13.0. The van der Waals surface area contributed by atoms with Gasteiger partial charge >= 0.3 is 11.9 Å². The fourth-order valence-corrected chi connectivity index (χ4v) is 7.06. The molecule has 0 radical (unpaired) electrons. The van der Waals surface area contributed by atoms with Crippen LogP contribution in [0.25, 0.3) is 0 Å². The molecule has 3 heterocycles. The molecule has 0 unspecified atom stereocenters. The molecule has 0 amide bonds. The molecule has 8 N–H and O–H groups in total. The lowest BCUT2D eigenvalue weighted by molar-refractivity contribution is -0.291. The Balaban J connectivity index is 1.30. The predicted molar refractivity (Wildman–Crippen MR) is 161 cm³/mol. The van der Waals surface area contributed by atoms with Gasteiger partial charge in [-0.15, -0.1) is 0 Å². The summed E-state index contributed by atoms with van der Waals surface area (Å²) in [7, 11) is 3.06. The first kappa shape index (κ1) is 33.7. The molecule has 0 aromatic heterocycles. The summed E-state index contributed by atoms with van der Waals surface area (Å²) in [5.41, 5.74) is 12.3. The van der Waals surface area contributed by atoms with Crippen LogP contribution in [0.4, 0.5) is 0 Å². The van der Waals surface area contributed by atoms with Gasteiger partial charge in [-0.3, -0.25) is 14.4 Å². The van der Waals surface area contributed by atoms with E-state index in [0.717, 1.165) is 5.56 Å². The van der Waals surface area contributed by atoms with E-state index in [0.29, 0.717) is 54.2 Å². The Hall–Kier alpha value is -4.19. The second-order valence-electron chi connectivity index (χ2n) is 12.3. The molecule has 6 rings (SSSR count). The second-order valence-corrected chi connectivity index (χ2v) is 12.3. The number of carbonyl (C=O) groups excluding carboxylic acids is 2. The molecule has 2 fully saturated rings. The minimum absolute atomic E-state index is 0.131. The highest BCUT2D eigenvalue weighted by Crippen LogP contribution is 2.63. The third kappa shape index (κ3) is 5.88. The van der Waals surface area contributed by atoms with Crippen LogP contribution in [-0.4, -0.2) is 101 Å². The average Bonchev–Trinajstić information content (AvgIpc) is 3.45. The number of aliphatic carboxylic acids is 1. The number of carboxylic acids is 1. The van der Waals surface area contributed by atoms with E-state index >= 15 is 0 Å². The third-order valence-electron chi connectivity index (χ3n) is 9.36. The van der Waals surface area contributed by atoms with Crippen molar-refractivity contribution in [1.29, 1.82) is 0 Å². The number of fused-ring (bicyclic) bond motifs is 6. The van der Waals surface area contributed by atoms with Crippen LogP contribution in [0.2, 0.25) is 0 Å². The van der Waals surface area contributed by atoms with E-state index in [2.05, 4.69) is 0 Å². The van der Waals surface area contributed by atoms with Gasteiger partial charge in [0.2, 0.25) is 12.0 Å². The Morgan fingerprint density at radius 1 is 1.00 bits per heavy atom. The van der Waals surface area contributed by atoms with Crippen LogP contribution in [-0.2, 0) is 23.9 Å². The highest BCUT2D eigenvalue weighted by atomic mass is 16.7. The number of Topliss-reactive ketones (excluding diaryl/α,β-unsaturated/α-hetero) is 1. The maximum absolute atomic E-state index is 12.3. The molecule has 8 atom stereocenters.